The number of nitrogens with two attached hydrogens (primary N) is 1. The van der Waals surface area contributed by atoms with Gasteiger partial charge in [-0.2, -0.15) is 0 Å². The summed E-state index contributed by atoms with van der Waals surface area (Å²) in [6.45, 7) is 0.336. The molecule has 3 N–H and O–H groups in total. The normalized spacial score (nSPS) is 10.9. The van der Waals surface area contributed by atoms with Crippen LogP contribution in [0.15, 0.2) is 35.3 Å². The number of benzene rings is 2. The highest BCUT2D eigenvalue weighted by atomic mass is 16.5. The van der Waals surface area contributed by atoms with E-state index in [4.69, 9.17) is 29.4 Å². The second kappa shape index (κ2) is 9.42. The minimum atomic E-state index is 0.260. The molecule has 0 fully saturated rings. The molecule has 0 unspecified atom stereocenters. The average Bonchev–Trinajstić information content (AvgIpc) is 2.71. The molecule has 0 aromatic heterocycles. The SMILES string of the molecule is COc1ccc(NC(N)=NCc2cc(OC)c(OC)c(OC)c2)cc1OC. The fraction of sp³-hybridized carbons (Fsp3) is 0.316. The Hall–Kier alpha value is -3.29. The number of methoxy groups -OCH3 is 5. The Labute approximate surface area is 158 Å². The summed E-state index contributed by atoms with van der Waals surface area (Å²) in [4.78, 5) is 4.35. The Balaban J connectivity index is 2.16. The number of nitrogens with one attached hydrogen (secondary N) is 1. The lowest BCUT2D eigenvalue weighted by Gasteiger charge is -2.14. The van der Waals surface area contributed by atoms with Crippen LogP contribution >= 0.6 is 0 Å². The van der Waals surface area contributed by atoms with Crippen molar-refractivity contribution >= 4 is 11.6 Å². The van der Waals surface area contributed by atoms with E-state index in [0.717, 1.165) is 11.3 Å². The second-order valence-electron chi connectivity index (χ2n) is 5.43. The summed E-state index contributed by atoms with van der Waals surface area (Å²) in [5.41, 5.74) is 7.59. The largest absolute Gasteiger partial charge is 0.493 e. The van der Waals surface area contributed by atoms with Crippen LogP contribution in [0.4, 0.5) is 5.69 Å². The third-order valence-electron chi connectivity index (χ3n) is 3.81. The fourth-order valence-electron chi connectivity index (χ4n) is 2.50. The van der Waals surface area contributed by atoms with E-state index in [1.807, 2.05) is 18.2 Å². The van der Waals surface area contributed by atoms with E-state index < -0.39 is 0 Å². The molecule has 27 heavy (non-hydrogen) atoms. The Morgan fingerprint density at radius 3 is 1.93 bits per heavy atom. The van der Waals surface area contributed by atoms with Crippen LogP contribution in [-0.4, -0.2) is 41.5 Å². The van der Waals surface area contributed by atoms with Gasteiger partial charge in [-0.15, -0.1) is 0 Å². The van der Waals surface area contributed by atoms with E-state index in [2.05, 4.69) is 10.3 Å². The minimum Gasteiger partial charge on any atom is -0.493 e. The van der Waals surface area contributed by atoms with Crippen LogP contribution in [-0.2, 0) is 6.54 Å². The van der Waals surface area contributed by atoms with Crippen LogP contribution in [0.3, 0.4) is 0 Å². The summed E-state index contributed by atoms with van der Waals surface area (Å²) in [5, 5.41) is 3.02. The fourth-order valence-corrected chi connectivity index (χ4v) is 2.50. The van der Waals surface area contributed by atoms with E-state index in [1.54, 1.807) is 47.7 Å². The molecular weight excluding hydrogens is 350 g/mol. The maximum Gasteiger partial charge on any atom is 0.203 e. The molecule has 0 aliphatic heterocycles. The van der Waals surface area contributed by atoms with Crippen LogP contribution in [0.1, 0.15) is 5.56 Å². The van der Waals surface area contributed by atoms with Crippen molar-refractivity contribution in [3.8, 4) is 28.7 Å². The lowest BCUT2D eigenvalue weighted by molar-refractivity contribution is 0.324. The van der Waals surface area contributed by atoms with Crippen molar-refractivity contribution in [1.29, 1.82) is 0 Å². The zero-order chi connectivity index (χ0) is 19.8. The molecule has 146 valence electrons. The summed E-state index contributed by atoms with van der Waals surface area (Å²) in [7, 11) is 7.85. The van der Waals surface area contributed by atoms with Gasteiger partial charge in [0.2, 0.25) is 5.75 Å². The highest BCUT2D eigenvalue weighted by Crippen LogP contribution is 2.38. The molecule has 8 nitrogen and oxygen atoms in total. The molecule has 2 aromatic rings. The zero-order valence-electron chi connectivity index (χ0n) is 16.2. The van der Waals surface area contributed by atoms with Crippen molar-refractivity contribution < 1.29 is 23.7 Å². The number of rotatable bonds is 8. The highest BCUT2D eigenvalue weighted by molar-refractivity contribution is 5.92. The molecule has 0 aliphatic carbocycles. The van der Waals surface area contributed by atoms with E-state index in [-0.39, 0.29) is 5.96 Å². The van der Waals surface area contributed by atoms with E-state index in [1.165, 1.54) is 0 Å². The average molecular weight is 375 g/mol. The first-order valence-electron chi connectivity index (χ1n) is 8.14. The Kier molecular flexibility index (Phi) is 6.99. The summed E-state index contributed by atoms with van der Waals surface area (Å²) in [5.74, 6) is 3.15. The van der Waals surface area contributed by atoms with Crippen molar-refractivity contribution in [3.63, 3.8) is 0 Å². The van der Waals surface area contributed by atoms with Crippen molar-refractivity contribution in [2.45, 2.75) is 6.54 Å². The Morgan fingerprint density at radius 1 is 0.815 bits per heavy atom. The van der Waals surface area contributed by atoms with E-state index in [0.29, 0.717) is 35.3 Å². The van der Waals surface area contributed by atoms with Gasteiger partial charge >= 0.3 is 0 Å². The number of anilines is 1. The number of hydrogen-bond donors (Lipinski definition) is 2. The second-order valence-corrected chi connectivity index (χ2v) is 5.43. The Bertz CT molecular complexity index is 783. The molecule has 2 aromatic carbocycles. The van der Waals surface area contributed by atoms with Gasteiger partial charge in [-0.1, -0.05) is 0 Å². The van der Waals surface area contributed by atoms with Crippen molar-refractivity contribution in [1.82, 2.24) is 0 Å². The van der Waals surface area contributed by atoms with Gasteiger partial charge in [-0.25, -0.2) is 4.99 Å². The number of guanidine groups is 1. The molecule has 0 saturated heterocycles. The molecule has 0 atom stereocenters. The molecular formula is C19H25N3O5. The van der Waals surface area contributed by atoms with Gasteiger partial charge in [0.1, 0.15) is 0 Å². The van der Waals surface area contributed by atoms with Crippen LogP contribution in [0.2, 0.25) is 0 Å². The number of nitrogens with zero attached hydrogens (tertiary/aromatic N) is 1. The Morgan fingerprint density at radius 2 is 1.41 bits per heavy atom. The highest BCUT2D eigenvalue weighted by Gasteiger charge is 2.13. The molecule has 0 spiro atoms. The smallest absolute Gasteiger partial charge is 0.203 e. The lowest BCUT2D eigenvalue weighted by atomic mass is 10.2. The first-order valence-corrected chi connectivity index (χ1v) is 8.14. The molecule has 0 saturated carbocycles. The summed E-state index contributed by atoms with van der Waals surface area (Å²) in [6, 6.07) is 9.04. The van der Waals surface area contributed by atoms with Gasteiger partial charge in [0.05, 0.1) is 42.1 Å². The maximum atomic E-state index is 5.99. The van der Waals surface area contributed by atoms with Gasteiger partial charge in [0.15, 0.2) is 29.0 Å². The van der Waals surface area contributed by atoms with Gasteiger partial charge in [-0.3, -0.25) is 0 Å². The maximum absolute atomic E-state index is 5.99. The third-order valence-corrected chi connectivity index (χ3v) is 3.81. The summed E-state index contributed by atoms with van der Waals surface area (Å²) in [6.07, 6.45) is 0. The third kappa shape index (κ3) is 4.87. The zero-order valence-corrected chi connectivity index (χ0v) is 16.2. The molecule has 0 bridgehead atoms. The first-order chi connectivity index (χ1) is 13.1. The monoisotopic (exact) mass is 375 g/mol. The van der Waals surface area contributed by atoms with Crippen LogP contribution in [0, 0.1) is 0 Å². The standard InChI is InChI=1S/C19H25N3O5/c1-23-14-7-6-13(10-15(14)24-2)22-19(20)21-11-12-8-16(25-3)18(27-5)17(9-12)26-4/h6-10H,11H2,1-5H3,(H3,20,21,22). The first kappa shape index (κ1) is 20.0. The van der Waals surface area contributed by atoms with E-state index in [9.17, 15) is 0 Å². The van der Waals surface area contributed by atoms with Gasteiger partial charge in [-0.05, 0) is 29.8 Å². The van der Waals surface area contributed by atoms with Gasteiger partial charge < -0.3 is 34.7 Å². The van der Waals surface area contributed by atoms with Crippen LogP contribution in [0.5, 0.6) is 28.7 Å². The quantitative estimate of drug-likeness (QED) is 0.541. The topological polar surface area (TPSA) is 96.6 Å². The van der Waals surface area contributed by atoms with Crippen molar-refractivity contribution in [2.75, 3.05) is 40.9 Å². The number of ether oxygens (including phenoxy) is 5. The number of aliphatic imine (C=N–C) groups is 1. The molecule has 0 amide bonds. The predicted octanol–water partition coefficient (Wildman–Crippen LogP) is 2.66. The molecule has 0 aliphatic rings. The van der Waals surface area contributed by atoms with Gasteiger partial charge in [0, 0.05) is 11.8 Å². The van der Waals surface area contributed by atoms with Crippen LogP contribution in [0.25, 0.3) is 0 Å². The van der Waals surface area contributed by atoms with E-state index >= 15 is 0 Å². The molecule has 0 radical (unpaired) electrons. The summed E-state index contributed by atoms with van der Waals surface area (Å²) >= 11 is 0. The van der Waals surface area contributed by atoms with Crippen molar-refractivity contribution in [2.24, 2.45) is 10.7 Å². The van der Waals surface area contributed by atoms with Crippen molar-refractivity contribution in [3.05, 3.63) is 35.9 Å². The van der Waals surface area contributed by atoms with Crippen LogP contribution < -0.4 is 34.7 Å². The molecule has 8 heteroatoms. The predicted molar refractivity (Wildman–Crippen MR) is 105 cm³/mol. The molecule has 0 heterocycles. The van der Waals surface area contributed by atoms with Gasteiger partial charge in [0.25, 0.3) is 0 Å². The molecule has 2 rings (SSSR count). The minimum absolute atomic E-state index is 0.260. The number of hydrogen-bond acceptors (Lipinski definition) is 6. The summed E-state index contributed by atoms with van der Waals surface area (Å²) < 4.78 is 26.5. The lowest BCUT2D eigenvalue weighted by Crippen LogP contribution is -2.22.